The minimum Gasteiger partial charge on any atom is -0.337 e. The molecule has 0 bridgehead atoms. The van der Waals surface area contributed by atoms with Gasteiger partial charge in [0.1, 0.15) is 0 Å². The molecule has 2 aromatic rings. The molecule has 0 aliphatic carbocycles. The Balaban J connectivity index is 1.98. The monoisotopic (exact) mass is 335 g/mol. The van der Waals surface area contributed by atoms with E-state index in [2.05, 4.69) is 64.3 Å². The molecule has 1 atom stereocenters. The maximum atomic E-state index is 5.48. The lowest BCUT2D eigenvalue weighted by molar-refractivity contribution is 0.275. The Labute approximate surface area is 127 Å². The zero-order valence-corrected chi connectivity index (χ0v) is 13.5. The van der Waals surface area contributed by atoms with E-state index in [0.29, 0.717) is 11.7 Å². The Hall–Kier alpha value is -1.20. The number of aromatic nitrogens is 2. The van der Waals surface area contributed by atoms with Gasteiger partial charge in [-0.2, -0.15) is 4.98 Å². The summed E-state index contributed by atoms with van der Waals surface area (Å²) in [6.07, 6.45) is 2.18. The minimum atomic E-state index is -0.176. The highest BCUT2D eigenvalue weighted by molar-refractivity contribution is 9.10. The third kappa shape index (κ3) is 2.29. The summed E-state index contributed by atoms with van der Waals surface area (Å²) in [4.78, 5) is 4.59. The molecule has 1 aromatic heterocycles. The molecule has 1 saturated heterocycles. The van der Waals surface area contributed by atoms with Crippen molar-refractivity contribution in [1.82, 2.24) is 15.5 Å². The van der Waals surface area contributed by atoms with Crippen molar-refractivity contribution in [3.8, 4) is 11.4 Å². The van der Waals surface area contributed by atoms with Crippen LogP contribution in [0.4, 0.5) is 0 Å². The molecule has 1 fully saturated rings. The number of hydrogen-bond acceptors (Lipinski definition) is 4. The summed E-state index contributed by atoms with van der Waals surface area (Å²) in [5.74, 6) is 1.34. The van der Waals surface area contributed by atoms with E-state index in [1.54, 1.807) is 0 Å². The van der Waals surface area contributed by atoms with Crippen molar-refractivity contribution >= 4 is 15.9 Å². The Kier molecular flexibility index (Phi) is 3.42. The van der Waals surface area contributed by atoms with Crippen LogP contribution in [-0.2, 0) is 5.54 Å². The zero-order valence-electron chi connectivity index (χ0n) is 12.0. The highest BCUT2D eigenvalue weighted by Gasteiger charge is 2.35. The van der Waals surface area contributed by atoms with Crippen LogP contribution in [0.2, 0.25) is 0 Å². The third-order valence-corrected chi connectivity index (χ3v) is 5.21. The van der Waals surface area contributed by atoms with Gasteiger partial charge in [-0.15, -0.1) is 0 Å². The van der Waals surface area contributed by atoms with Crippen LogP contribution < -0.4 is 5.32 Å². The third-order valence-electron chi connectivity index (χ3n) is 3.96. The predicted octanol–water partition coefficient (Wildman–Crippen LogP) is 3.71. The predicted molar refractivity (Wildman–Crippen MR) is 81.5 cm³/mol. The van der Waals surface area contributed by atoms with Gasteiger partial charge in [-0.05, 0) is 63.4 Å². The first kappa shape index (κ1) is 13.8. The standard InChI is InChI=1S/C15H18BrN3O/c1-9-7-11(8-10(2)12(9)16)13-18-14(20-19-13)15(3)5-4-6-17-15/h7-8,17H,4-6H2,1-3H3. The first-order valence-corrected chi connectivity index (χ1v) is 7.65. The molecule has 0 spiro atoms. The molecule has 5 heteroatoms. The Bertz CT molecular complexity index is 621. The van der Waals surface area contributed by atoms with E-state index in [-0.39, 0.29) is 5.54 Å². The topological polar surface area (TPSA) is 51.0 Å². The van der Waals surface area contributed by atoms with Crippen LogP contribution in [0.3, 0.4) is 0 Å². The molecule has 20 heavy (non-hydrogen) atoms. The number of halogens is 1. The van der Waals surface area contributed by atoms with Crippen molar-refractivity contribution in [2.24, 2.45) is 0 Å². The van der Waals surface area contributed by atoms with E-state index < -0.39 is 0 Å². The summed E-state index contributed by atoms with van der Waals surface area (Å²) in [7, 11) is 0. The normalized spacial score (nSPS) is 22.4. The molecule has 0 amide bonds. The van der Waals surface area contributed by atoms with E-state index >= 15 is 0 Å². The summed E-state index contributed by atoms with van der Waals surface area (Å²) in [6.45, 7) is 7.27. The number of aryl methyl sites for hydroxylation is 2. The maximum absolute atomic E-state index is 5.48. The lowest BCUT2D eigenvalue weighted by Gasteiger charge is -2.18. The van der Waals surface area contributed by atoms with E-state index in [1.165, 1.54) is 11.1 Å². The fourth-order valence-electron chi connectivity index (χ4n) is 2.72. The quantitative estimate of drug-likeness (QED) is 0.908. The highest BCUT2D eigenvalue weighted by Crippen LogP contribution is 2.32. The fraction of sp³-hybridized carbons (Fsp3) is 0.467. The second-order valence-corrected chi connectivity index (χ2v) is 6.50. The van der Waals surface area contributed by atoms with Gasteiger partial charge in [-0.25, -0.2) is 0 Å². The van der Waals surface area contributed by atoms with Crippen LogP contribution in [0.1, 0.15) is 36.8 Å². The largest absolute Gasteiger partial charge is 0.337 e. The minimum absolute atomic E-state index is 0.176. The highest BCUT2D eigenvalue weighted by atomic mass is 79.9. The Morgan fingerprint density at radius 1 is 1.30 bits per heavy atom. The van der Waals surface area contributed by atoms with Gasteiger partial charge in [0.15, 0.2) is 0 Å². The van der Waals surface area contributed by atoms with Crippen molar-refractivity contribution < 1.29 is 4.52 Å². The number of benzene rings is 1. The molecular formula is C15H18BrN3O. The number of nitrogens with zero attached hydrogens (tertiary/aromatic N) is 2. The summed E-state index contributed by atoms with van der Waals surface area (Å²) in [5.41, 5.74) is 3.18. The van der Waals surface area contributed by atoms with Gasteiger partial charge in [0.2, 0.25) is 11.7 Å². The van der Waals surface area contributed by atoms with Gasteiger partial charge in [-0.3, -0.25) is 0 Å². The van der Waals surface area contributed by atoms with Gasteiger partial charge in [0.05, 0.1) is 5.54 Å². The summed E-state index contributed by atoms with van der Waals surface area (Å²) < 4.78 is 6.61. The molecule has 1 N–H and O–H groups in total. The molecule has 3 rings (SSSR count). The number of hydrogen-bond donors (Lipinski definition) is 1. The SMILES string of the molecule is Cc1cc(-c2noc(C3(C)CCCN3)n2)cc(C)c1Br. The van der Waals surface area contributed by atoms with Crippen LogP contribution in [0.25, 0.3) is 11.4 Å². The van der Waals surface area contributed by atoms with Crippen molar-refractivity contribution in [1.29, 1.82) is 0 Å². The van der Waals surface area contributed by atoms with E-state index in [9.17, 15) is 0 Å². The number of nitrogens with one attached hydrogen (secondary N) is 1. The van der Waals surface area contributed by atoms with Crippen molar-refractivity contribution in [3.63, 3.8) is 0 Å². The van der Waals surface area contributed by atoms with Crippen molar-refractivity contribution in [3.05, 3.63) is 33.6 Å². The van der Waals surface area contributed by atoms with Gasteiger partial charge < -0.3 is 9.84 Å². The molecule has 1 aliphatic rings. The average Bonchev–Trinajstić information content (AvgIpc) is 3.05. The van der Waals surface area contributed by atoms with Crippen molar-refractivity contribution in [2.75, 3.05) is 6.54 Å². The summed E-state index contributed by atoms with van der Waals surface area (Å²) in [6, 6.07) is 4.16. The van der Waals surface area contributed by atoms with E-state index in [4.69, 9.17) is 4.52 Å². The molecule has 106 valence electrons. The van der Waals surface area contributed by atoms with Gasteiger partial charge in [0, 0.05) is 10.0 Å². The number of rotatable bonds is 2. The summed E-state index contributed by atoms with van der Waals surface area (Å²) >= 11 is 3.58. The molecule has 2 heterocycles. The average molecular weight is 336 g/mol. The Morgan fingerprint density at radius 3 is 2.60 bits per heavy atom. The summed E-state index contributed by atoms with van der Waals surface area (Å²) in [5, 5.41) is 7.59. The van der Waals surface area contributed by atoms with Crippen LogP contribution in [0, 0.1) is 13.8 Å². The first-order chi connectivity index (χ1) is 9.49. The lowest BCUT2D eigenvalue weighted by Crippen LogP contribution is -2.33. The maximum Gasteiger partial charge on any atom is 0.246 e. The lowest BCUT2D eigenvalue weighted by atomic mass is 10.0. The van der Waals surface area contributed by atoms with Crippen LogP contribution in [-0.4, -0.2) is 16.7 Å². The molecule has 4 nitrogen and oxygen atoms in total. The zero-order chi connectivity index (χ0) is 14.3. The fourth-order valence-corrected chi connectivity index (χ4v) is 2.95. The second-order valence-electron chi connectivity index (χ2n) is 5.71. The Morgan fingerprint density at radius 2 is 2.00 bits per heavy atom. The van der Waals surface area contributed by atoms with Gasteiger partial charge in [-0.1, -0.05) is 21.1 Å². The molecule has 1 unspecified atom stereocenters. The molecule has 1 aromatic carbocycles. The molecular weight excluding hydrogens is 318 g/mol. The van der Waals surface area contributed by atoms with E-state index in [0.717, 1.165) is 29.4 Å². The van der Waals surface area contributed by atoms with Crippen LogP contribution in [0.15, 0.2) is 21.1 Å². The first-order valence-electron chi connectivity index (χ1n) is 6.86. The van der Waals surface area contributed by atoms with E-state index in [1.807, 2.05) is 0 Å². The molecule has 0 saturated carbocycles. The van der Waals surface area contributed by atoms with Crippen molar-refractivity contribution in [2.45, 2.75) is 39.2 Å². The van der Waals surface area contributed by atoms with Gasteiger partial charge in [0.25, 0.3) is 0 Å². The van der Waals surface area contributed by atoms with Crippen LogP contribution in [0.5, 0.6) is 0 Å². The second kappa shape index (κ2) is 4.97. The smallest absolute Gasteiger partial charge is 0.246 e. The van der Waals surface area contributed by atoms with Gasteiger partial charge >= 0.3 is 0 Å². The van der Waals surface area contributed by atoms with Crippen LogP contribution >= 0.6 is 15.9 Å². The molecule has 0 radical (unpaired) electrons. The molecule has 1 aliphatic heterocycles.